The number of hydrogen-bond acceptors (Lipinski definition) is 4. The van der Waals surface area contributed by atoms with Crippen LogP contribution in [0.1, 0.15) is 20.3 Å². The molecule has 1 amide bonds. The van der Waals surface area contributed by atoms with Crippen LogP contribution >= 0.6 is 0 Å². The van der Waals surface area contributed by atoms with Crippen molar-refractivity contribution in [3.8, 4) is 0 Å². The van der Waals surface area contributed by atoms with Crippen molar-refractivity contribution in [1.82, 2.24) is 0 Å². The minimum Gasteiger partial charge on any atom is -0.285 e. The minimum atomic E-state index is -4.26. The fourth-order valence-electron chi connectivity index (χ4n) is 1.32. The molecule has 0 aromatic rings. The lowest BCUT2D eigenvalue weighted by atomic mass is 10.1. The number of hydrogen-bond donors (Lipinski definition) is 1. The van der Waals surface area contributed by atoms with Crippen LogP contribution < -0.4 is 0 Å². The van der Waals surface area contributed by atoms with E-state index in [2.05, 4.69) is 10.2 Å². The van der Waals surface area contributed by atoms with Gasteiger partial charge in [-0.1, -0.05) is 6.92 Å². The molecule has 0 aromatic heterocycles. The van der Waals surface area contributed by atoms with Crippen molar-refractivity contribution in [3.05, 3.63) is 11.3 Å². The van der Waals surface area contributed by atoms with E-state index in [1.165, 1.54) is 6.92 Å². The van der Waals surface area contributed by atoms with Crippen molar-refractivity contribution in [3.63, 3.8) is 0 Å². The average molecular weight is 218 g/mol. The lowest BCUT2D eigenvalue weighted by Crippen LogP contribution is -2.25. The number of allylic oxidation sites excluding steroid dienone is 1. The molecule has 14 heavy (non-hydrogen) atoms. The molecule has 1 atom stereocenters. The van der Waals surface area contributed by atoms with E-state index in [0.717, 1.165) is 0 Å². The SMILES string of the molecule is CCC(C1=C(C)N=NC1=O)S(=O)(=O)O. The molecule has 0 aromatic carbocycles. The van der Waals surface area contributed by atoms with Crippen molar-refractivity contribution in [2.24, 2.45) is 10.2 Å². The second kappa shape index (κ2) is 3.58. The zero-order chi connectivity index (χ0) is 10.9. The molecule has 0 saturated heterocycles. The number of rotatable bonds is 3. The van der Waals surface area contributed by atoms with Gasteiger partial charge in [0.25, 0.3) is 16.0 Å². The van der Waals surface area contributed by atoms with E-state index in [4.69, 9.17) is 4.55 Å². The summed E-state index contributed by atoms with van der Waals surface area (Å²) in [4.78, 5) is 11.1. The summed E-state index contributed by atoms with van der Waals surface area (Å²) >= 11 is 0. The normalized spacial score (nSPS) is 19.2. The molecule has 1 rings (SSSR count). The highest BCUT2D eigenvalue weighted by atomic mass is 32.2. The lowest BCUT2D eigenvalue weighted by molar-refractivity contribution is -0.114. The Hall–Kier alpha value is -1.08. The Morgan fingerprint density at radius 3 is 2.29 bits per heavy atom. The van der Waals surface area contributed by atoms with Crippen molar-refractivity contribution in [1.29, 1.82) is 0 Å². The molecule has 0 radical (unpaired) electrons. The molecule has 1 aliphatic heterocycles. The van der Waals surface area contributed by atoms with Crippen LogP contribution in [0.15, 0.2) is 21.5 Å². The molecule has 0 fully saturated rings. The summed E-state index contributed by atoms with van der Waals surface area (Å²) < 4.78 is 30.7. The molecule has 1 heterocycles. The fourth-order valence-corrected chi connectivity index (χ4v) is 2.31. The third-order valence-electron chi connectivity index (χ3n) is 1.96. The number of nitrogens with zero attached hydrogens (tertiary/aromatic N) is 2. The van der Waals surface area contributed by atoms with Gasteiger partial charge in [0.1, 0.15) is 5.25 Å². The Kier molecular flexibility index (Phi) is 2.81. The molecule has 6 nitrogen and oxygen atoms in total. The van der Waals surface area contributed by atoms with Crippen LogP contribution in [0.25, 0.3) is 0 Å². The maximum atomic E-state index is 11.1. The van der Waals surface area contributed by atoms with Crippen molar-refractivity contribution in [2.45, 2.75) is 25.5 Å². The van der Waals surface area contributed by atoms with Gasteiger partial charge in [0.15, 0.2) is 0 Å². The van der Waals surface area contributed by atoms with E-state index >= 15 is 0 Å². The highest BCUT2D eigenvalue weighted by Gasteiger charge is 2.34. The molecule has 1 unspecified atom stereocenters. The zero-order valence-corrected chi connectivity index (χ0v) is 8.58. The minimum absolute atomic E-state index is 0.0324. The molecule has 78 valence electrons. The average Bonchev–Trinajstić information content (AvgIpc) is 2.34. The molecule has 1 aliphatic rings. The Bertz CT molecular complexity index is 421. The van der Waals surface area contributed by atoms with Crippen LogP contribution in [0.4, 0.5) is 0 Å². The van der Waals surface area contributed by atoms with E-state index in [-0.39, 0.29) is 17.7 Å². The maximum absolute atomic E-state index is 11.1. The van der Waals surface area contributed by atoms with Gasteiger partial charge in [-0.2, -0.15) is 13.5 Å². The number of carbonyl (C=O) groups excluding carboxylic acids is 1. The van der Waals surface area contributed by atoms with Gasteiger partial charge in [0, 0.05) is 0 Å². The third-order valence-corrected chi connectivity index (χ3v) is 3.25. The summed E-state index contributed by atoms with van der Waals surface area (Å²) in [7, 11) is -4.26. The van der Waals surface area contributed by atoms with Gasteiger partial charge >= 0.3 is 0 Å². The summed E-state index contributed by atoms with van der Waals surface area (Å²) in [5.74, 6) is -0.688. The maximum Gasteiger partial charge on any atom is 0.294 e. The van der Waals surface area contributed by atoms with Gasteiger partial charge in [0.2, 0.25) is 0 Å². The van der Waals surface area contributed by atoms with Crippen molar-refractivity contribution in [2.75, 3.05) is 0 Å². The van der Waals surface area contributed by atoms with Crippen LogP contribution in [0.2, 0.25) is 0 Å². The number of amides is 1. The first kappa shape index (κ1) is 11.0. The van der Waals surface area contributed by atoms with Crippen LogP contribution in [0.3, 0.4) is 0 Å². The summed E-state index contributed by atoms with van der Waals surface area (Å²) in [6.07, 6.45) is 0.113. The number of azo groups is 1. The molecular formula is C7H10N2O4S. The Balaban J connectivity index is 3.17. The van der Waals surface area contributed by atoms with Gasteiger partial charge in [-0.25, -0.2) is 0 Å². The highest BCUT2D eigenvalue weighted by molar-refractivity contribution is 7.86. The third kappa shape index (κ3) is 1.88. The van der Waals surface area contributed by atoms with E-state index in [9.17, 15) is 13.2 Å². The molecule has 1 N–H and O–H groups in total. The summed E-state index contributed by atoms with van der Waals surface area (Å²) in [5.41, 5.74) is 0.217. The van der Waals surface area contributed by atoms with Gasteiger partial charge in [-0.3, -0.25) is 9.35 Å². The summed E-state index contributed by atoms with van der Waals surface area (Å²) in [6.45, 7) is 3.04. The van der Waals surface area contributed by atoms with E-state index in [0.29, 0.717) is 0 Å². The van der Waals surface area contributed by atoms with Crippen LogP contribution in [0, 0.1) is 0 Å². The smallest absolute Gasteiger partial charge is 0.285 e. The quantitative estimate of drug-likeness (QED) is 0.712. The summed E-state index contributed by atoms with van der Waals surface area (Å²) in [6, 6.07) is 0. The molecule has 0 bridgehead atoms. The predicted octanol–water partition coefficient (Wildman–Crippen LogP) is 0.919. The first-order chi connectivity index (χ1) is 6.38. The van der Waals surface area contributed by atoms with E-state index in [1.54, 1.807) is 6.92 Å². The largest absolute Gasteiger partial charge is 0.294 e. The second-order valence-electron chi connectivity index (χ2n) is 2.92. The topological polar surface area (TPSA) is 96.2 Å². The standard InChI is InChI=1S/C7H10N2O4S/c1-3-5(14(11,12)13)6-4(2)8-9-7(6)10/h5H,3H2,1-2H3,(H,11,12,13). The van der Waals surface area contributed by atoms with Gasteiger partial charge < -0.3 is 0 Å². The van der Waals surface area contributed by atoms with Crippen LogP contribution in [0.5, 0.6) is 0 Å². The van der Waals surface area contributed by atoms with Gasteiger partial charge in [-0.15, -0.1) is 5.11 Å². The molecule has 0 aliphatic carbocycles. The van der Waals surface area contributed by atoms with Crippen LogP contribution in [-0.4, -0.2) is 24.1 Å². The van der Waals surface area contributed by atoms with Crippen molar-refractivity contribution < 1.29 is 17.8 Å². The Labute approximate surface area is 81.5 Å². The highest BCUT2D eigenvalue weighted by Crippen LogP contribution is 2.25. The Morgan fingerprint density at radius 2 is 2.00 bits per heavy atom. The zero-order valence-electron chi connectivity index (χ0n) is 7.76. The molecule has 0 saturated carbocycles. The Morgan fingerprint density at radius 1 is 1.43 bits per heavy atom. The van der Waals surface area contributed by atoms with E-state index in [1.807, 2.05) is 0 Å². The second-order valence-corrected chi connectivity index (χ2v) is 4.52. The lowest BCUT2D eigenvalue weighted by Gasteiger charge is -2.10. The van der Waals surface area contributed by atoms with Crippen molar-refractivity contribution >= 4 is 16.0 Å². The number of carbonyl (C=O) groups is 1. The van der Waals surface area contributed by atoms with E-state index < -0.39 is 21.3 Å². The van der Waals surface area contributed by atoms with Gasteiger partial charge in [-0.05, 0) is 13.3 Å². The molecule has 7 heteroatoms. The first-order valence-corrected chi connectivity index (χ1v) is 5.51. The molecular weight excluding hydrogens is 208 g/mol. The molecule has 0 spiro atoms. The monoisotopic (exact) mass is 218 g/mol. The first-order valence-electron chi connectivity index (χ1n) is 4.01. The summed E-state index contributed by atoms with van der Waals surface area (Å²) in [5, 5.41) is 5.46. The predicted molar refractivity (Wildman–Crippen MR) is 48.2 cm³/mol. The van der Waals surface area contributed by atoms with Crippen LogP contribution in [-0.2, 0) is 14.9 Å². The van der Waals surface area contributed by atoms with Gasteiger partial charge in [0.05, 0.1) is 11.3 Å². The fraction of sp³-hybridized carbons (Fsp3) is 0.571.